The van der Waals surface area contributed by atoms with E-state index < -0.39 is 0 Å². The van der Waals surface area contributed by atoms with Crippen LogP contribution in [0.2, 0.25) is 0 Å². The molecule has 3 heterocycles. The Labute approximate surface area is 160 Å². The Kier molecular flexibility index (Phi) is 4.06. The minimum atomic E-state index is 0.0357. The van der Waals surface area contributed by atoms with E-state index in [1.54, 1.807) is 6.34 Å². The van der Waals surface area contributed by atoms with Crippen molar-refractivity contribution < 1.29 is 9.47 Å². The predicted octanol–water partition coefficient (Wildman–Crippen LogP) is 3.00. The average Bonchev–Trinajstić information content (AvgIpc) is 3.44. The van der Waals surface area contributed by atoms with E-state index in [4.69, 9.17) is 14.5 Å². The third-order valence-corrected chi connectivity index (χ3v) is 5.91. The molecule has 0 amide bonds. The maximum Gasteiger partial charge on any atom is 0.125 e. The summed E-state index contributed by atoms with van der Waals surface area (Å²) in [6.45, 7) is 6.86. The summed E-state index contributed by atoms with van der Waals surface area (Å²) in [7, 11) is 0. The molecule has 2 atom stereocenters. The zero-order valence-electron chi connectivity index (χ0n) is 15.9. The summed E-state index contributed by atoms with van der Waals surface area (Å²) in [6.07, 6.45) is 7.62. The number of hydrogen-bond acceptors (Lipinski definition) is 6. The van der Waals surface area contributed by atoms with Gasteiger partial charge in [-0.2, -0.15) is 0 Å². The van der Waals surface area contributed by atoms with Crippen LogP contribution in [0.15, 0.2) is 40.0 Å². The third kappa shape index (κ3) is 3.17. The molecule has 2 unspecified atom stereocenters. The number of benzene rings is 1. The SMILES string of the molecule is CCC1(Oc2ccc3c(c2)C(C2=CC(N4CCOC(C)C4)N=CN2)=N3)CC1. The van der Waals surface area contributed by atoms with Gasteiger partial charge in [-0.3, -0.25) is 9.89 Å². The molecule has 0 aromatic heterocycles. The van der Waals surface area contributed by atoms with Crippen molar-refractivity contribution in [3.63, 3.8) is 0 Å². The average molecular weight is 366 g/mol. The van der Waals surface area contributed by atoms with Crippen LogP contribution in [0.25, 0.3) is 0 Å². The molecule has 1 saturated carbocycles. The lowest BCUT2D eigenvalue weighted by atomic mass is 9.98. The van der Waals surface area contributed by atoms with E-state index >= 15 is 0 Å². The van der Waals surface area contributed by atoms with Crippen LogP contribution in [0.1, 0.15) is 38.7 Å². The summed E-state index contributed by atoms with van der Waals surface area (Å²) in [5.74, 6) is 0.948. The molecule has 142 valence electrons. The van der Waals surface area contributed by atoms with Gasteiger partial charge >= 0.3 is 0 Å². The number of hydrogen-bond donors (Lipinski definition) is 1. The van der Waals surface area contributed by atoms with Crippen LogP contribution in [0.5, 0.6) is 5.75 Å². The molecule has 3 aliphatic heterocycles. The molecule has 1 aromatic carbocycles. The zero-order chi connectivity index (χ0) is 18.4. The van der Waals surface area contributed by atoms with Crippen molar-refractivity contribution in [2.24, 2.45) is 9.98 Å². The highest BCUT2D eigenvalue weighted by molar-refractivity contribution is 6.22. The topological polar surface area (TPSA) is 58.5 Å². The van der Waals surface area contributed by atoms with E-state index in [0.717, 1.165) is 67.4 Å². The van der Waals surface area contributed by atoms with Gasteiger partial charge in [0.05, 0.1) is 36.1 Å². The van der Waals surface area contributed by atoms with Crippen LogP contribution < -0.4 is 10.1 Å². The maximum atomic E-state index is 6.25. The van der Waals surface area contributed by atoms with Gasteiger partial charge in [-0.25, -0.2) is 4.99 Å². The Morgan fingerprint density at radius 2 is 2.26 bits per heavy atom. The molecule has 1 aliphatic carbocycles. The molecule has 6 heteroatoms. The fraction of sp³-hybridized carbons (Fsp3) is 0.524. The standard InChI is InChI=1S/C21H26N4O2/c1-3-21(6-7-21)27-15-4-5-17-16(10-15)20(24-17)18-11-19(23-13-22-18)25-8-9-26-14(2)12-25/h4-5,10-11,13-14,19H,3,6-9,12H2,1-2H3,(H,22,23). The van der Waals surface area contributed by atoms with Crippen molar-refractivity contribution in [1.29, 1.82) is 0 Å². The van der Waals surface area contributed by atoms with Gasteiger partial charge in [0.25, 0.3) is 0 Å². The van der Waals surface area contributed by atoms with Gasteiger partial charge in [0.2, 0.25) is 0 Å². The second kappa shape index (κ2) is 6.46. The highest BCUT2D eigenvalue weighted by Gasteiger charge is 2.43. The summed E-state index contributed by atoms with van der Waals surface area (Å²) in [5.41, 5.74) is 4.27. The molecule has 27 heavy (non-hydrogen) atoms. The summed E-state index contributed by atoms with van der Waals surface area (Å²) in [6, 6.07) is 6.23. The fourth-order valence-electron chi connectivity index (χ4n) is 3.97. The molecule has 0 bridgehead atoms. The third-order valence-electron chi connectivity index (χ3n) is 5.91. The molecular formula is C21H26N4O2. The first-order valence-electron chi connectivity index (χ1n) is 9.94. The molecule has 1 saturated heterocycles. The Balaban J connectivity index is 1.34. The highest BCUT2D eigenvalue weighted by Crippen LogP contribution is 2.44. The first-order chi connectivity index (χ1) is 13.2. The molecule has 2 fully saturated rings. The highest BCUT2D eigenvalue weighted by atomic mass is 16.5. The lowest BCUT2D eigenvalue weighted by Gasteiger charge is -2.35. The van der Waals surface area contributed by atoms with E-state index in [1.807, 2.05) is 6.07 Å². The number of nitrogens with one attached hydrogen (secondary N) is 1. The summed E-state index contributed by atoms with van der Waals surface area (Å²) < 4.78 is 11.9. The van der Waals surface area contributed by atoms with E-state index in [1.165, 1.54) is 0 Å². The van der Waals surface area contributed by atoms with Crippen molar-refractivity contribution in [2.45, 2.75) is 51.0 Å². The molecule has 0 radical (unpaired) electrons. The Morgan fingerprint density at radius 1 is 1.37 bits per heavy atom. The van der Waals surface area contributed by atoms with Crippen molar-refractivity contribution >= 4 is 17.7 Å². The molecule has 6 nitrogen and oxygen atoms in total. The molecule has 0 spiro atoms. The van der Waals surface area contributed by atoms with Gasteiger partial charge in [-0.05, 0) is 50.5 Å². The van der Waals surface area contributed by atoms with Crippen molar-refractivity contribution in [1.82, 2.24) is 10.2 Å². The van der Waals surface area contributed by atoms with Crippen LogP contribution in [-0.4, -0.2) is 54.5 Å². The lowest BCUT2D eigenvalue weighted by molar-refractivity contribution is -0.0265. The number of aliphatic imine (C=N–C) groups is 2. The number of morpholine rings is 1. The summed E-state index contributed by atoms with van der Waals surface area (Å²) in [4.78, 5) is 11.7. The number of rotatable bonds is 5. The first kappa shape index (κ1) is 17.0. The minimum absolute atomic E-state index is 0.0357. The molecule has 1 N–H and O–H groups in total. The van der Waals surface area contributed by atoms with E-state index in [0.29, 0.717) is 0 Å². The molecule has 4 aliphatic rings. The minimum Gasteiger partial charge on any atom is -0.487 e. The first-order valence-corrected chi connectivity index (χ1v) is 9.94. The van der Waals surface area contributed by atoms with E-state index in [2.05, 4.69) is 47.3 Å². The van der Waals surface area contributed by atoms with Crippen molar-refractivity contribution in [3.05, 3.63) is 35.5 Å². The van der Waals surface area contributed by atoms with Crippen LogP contribution >= 0.6 is 0 Å². The Bertz CT molecular complexity index is 841. The maximum absolute atomic E-state index is 6.25. The van der Waals surface area contributed by atoms with E-state index in [-0.39, 0.29) is 17.9 Å². The molecule has 5 rings (SSSR count). The Morgan fingerprint density at radius 3 is 3.04 bits per heavy atom. The number of ether oxygens (including phenoxy) is 2. The van der Waals surface area contributed by atoms with Gasteiger partial charge in [0, 0.05) is 18.7 Å². The van der Waals surface area contributed by atoms with E-state index in [9.17, 15) is 0 Å². The summed E-state index contributed by atoms with van der Waals surface area (Å²) in [5, 5.41) is 3.27. The monoisotopic (exact) mass is 366 g/mol. The second-order valence-electron chi connectivity index (χ2n) is 7.87. The second-order valence-corrected chi connectivity index (χ2v) is 7.87. The van der Waals surface area contributed by atoms with Gasteiger partial charge in [0.15, 0.2) is 0 Å². The van der Waals surface area contributed by atoms with Gasteiger partial charge in [-0.15, -0.1) is 0 Å². The van der Waals surface area contributed by atoms with Crippen LogP contribution in [0, 0.1) is 0 Å². The normalized spacial score (nSPS) is 28.4. The quantitative estimate of drug-likeness (QED) is 0.870. The molecule has 1 aromatic rings. The van der Waals surface area contributed by atoms with Crippen LogP contribution in [-0.2, 0) is 4.74 Å². The van der Waals surface area contributed by atoms with Crippen LogP contribution in [0.3, 0.4) is 0 Å². The summed E-state index contributed by atoms with van der Waals surface area (Å²) >= 11 is 0. The van der Waals surface area contributed by atoms with Gasteiger partial charge < -0.3 is 14.8 Å². The van der Waals surface area contributed by atoms with Gasteiger partial charge in [-0.1, -0.05) is 6.92 Å². The van der Waals surface area contributed by atoms with Gasteiger partial charge in [0.1, 0.15) is 17.5 Å². The Hall–Kier alpha value is -2.18. The zero-order valence-corrected chi connectivity index (χ0v) is 15.9. The van der Waals surface area contributed by atoms with Crippen LogP contribution in [0.4, 0.5) is 5.69 Å². The smallest absolute Gasteiger partial charge is 0.125 e. The lowest BCUT2D eigenvalue weighted by Crippen LogP contribution is -2.47. The molecular weight excluding hydrogens is 340 g/mol. The van der Waals surface area contributed by atoms with Crippen molar-refractivity contribution in [2.75, 3.05) is 19.7 Å². The number of fused-ring (bicyclic) bond motifs is 1. The number of nitrogens with zero attached hydrogens (tertiary/aromatic N) is 3. The predicted molar refractivity (Wildman–Crippen MR) is 106 cm³/mol. The fourth-order valence-corrected chi connectivity index (χ4v) is 3.97. The largest absolute Gasteiger partial charge is 0.487 e. The number of allylic oxidation sites excluding steroid dienone is 1. The van der Waals surface area contributed by atoms with Crippen molar-refractivity contribution in [3.8, 4) is 5.75 Å².